The molecule has 2 aliphatic heterocycles. The summed E-state index contributed by atoms with van der Waals surface area (Å²) in [7, 11) is 0. The molecule has 2 heterocycles. The number of esters is 1. The molecular weight excluding hydrogens is 348 g/mol. The van der Waals surface area contributed by atoms with Gasteiger partial charge in [-0.05, 0) is 51.1 Å². The lowest BCUT2D eigenvalue weighted by Gasteiger charge is -2.38. The lowest BCUT2D eigenvalue weighted by molar-refractivity contribution is -0.181. The van der Waals surface area contributed by atoms with Gasteiger partial charge in [-0.25, -0.2) is 9.59 Å². The molecule has 1 aromatic carbocycles. The maximum atomic E-state index is 13.4. The van der Waals surface area contributed by atoms with E-state index in [-0.39, 0.29) is 19.9 Å². The summed E-state index contributed by atoms with van der Waals surface area (Å²) < 4.78 is 12.9. The lowest BCUT2D eigenvalue weighted by Crippen LogP contribution is -2.62. The molecule has 1 unspecified atom stereocenters. The molecule has 0 radical (unpaired) electrons. The number of likely N-dealkylation sites (tertiary alicyclic amines) is 1. The van der Waals surface area contributed by atoms with E-state index in [4.69, 9.17) is 6.11 Å². The highest BCUT2D eigenvalue weighted by Gasteiger charge is 2.59. The van der Waals surface area contributed by atoms with Crippen LogP contribution in [0.1, 0.15) is 52.1 Å². The fourth-order valence-corrected chi connectivity index (χ4v) is 3.86. The molecule has 146 valence electrons. The molecule has 0 bridgehead atoms. The Bertz CT molecular complexity index is 797. The number of carboxylic acid groups (broad SMARTS) is 1. The van der Waals surface area contributed by atoms with Crippen LogP contribution in [-0.2, 0) is 25.5 Å². The van der Waals surface area contributed by atoms with Gasteiger partial charge in [-0.15, -0.1) is 0 Å². The average molecular weight is 375 g/mol. The van der Waals surface area contributed by atoms with Crippen LogP contribution in [0.5, 0.6) is 0 Å². The molecule has 7 nitrogen and oxygen atoms in total. The van der Waals surface area contributed by atoms with E-state index in [1.165, 1.54) is 0 Å². The van der Waals surface area contributed by atoms with Gasteiger partial charge in [-0.1, -0.05) is 24.3 Å². The number of nitrogens with zero attached hydrogens (tertiary/aromatic N) is 1. The third-order valence-electron chi connectivity index (χ3n) is 5.06. The molecule has 7 heteroatoms. The van der Waals surface area contributed by atoms with Crippen molar-refractivity contribution in [2.24, 2.45) is 0 Å². The van der Waals surface area contributed by atoms with Crippen LogP contribution in [0.2, 0.25) is 0 Å². The van der Waals surface area contributed by atoms with Crippen molar-refractivity contribution in [2.75, 3.05) is 13.1 Å². The smallest absolute Gasteiger partial charge is 0.344 e. The Morgan fingerprint density at radius 3 is 2.81 bits per heavy atom. The summed E-state index contributed by atoms with van der Waals surface area (Å²) in [5, 5.41) is 13.1. The minimum absolute atomic E-state index is 0.00461. The highest BCUT2D eigenvalue weighted by atomic mass is 16.6. The summed E-state index contributed by atoms with van der Waals surface area (Å²) in [6.07, 6.45) is 1.17. The largest absolute Gasteiger partial charge is 0.479 e. The van der Waals surface area contributed by atoms with E-state index in [1.807, 2.05) is 24.3 Å². The Morgan fingerprint density at radius 2 is 2.11 bits per heavy atom. The van der Waals surface area contributed by atoms with Gasteiger partial charge in [0.2, 0.25) is 11.4 Å². The van der Waals surface area contributed by atoms with E-state index in [1.54, 1.807) is 13.8 Å². The first-order valence-corrected chi connectivity index (χ1v) is 9.12. The third kappa shape index (κ3) is 3.43. The zero-order valence-corrected chi connectivity index (χ0v) is 15.7. The molecular formula is C20H26N2O5. The van der Waals surface area contributed by atoms with E-state index in [0.29, 0.717) is 13.0 Å². The molecule has 2 N–H and O–H groups in total. The van der Waals surface area contributed by atoms with Crippen molar-refractivity contribution in [3.05, 3.63) is 35.4 Å². The monoisotopic (exact) mass is 375 g/mol. The van der Waals surface area contributed by atoms with Crippen molar-refractivity contribution in [1.29, 1.82) is 0 Å². The summed E-state index contributed by atoms with van der Waals surface area (Å²) in [5.74, 6) is -2.81. The highest BCUT2D eigenvalue weighted by molar-refractivity contribution is 6.08. The first-order valence-electron chi connectivity index (χ1n) is 9.82. The quantitative estimate of drug-likeness (QED) is 0.616. The SMILES string of the molecule is [2H]CC(C)(C)OC(=O)[C@@]1(C(=O)O)CCCN1C(=O)C1NCCc2ccccc21. The second-order valence-corrected chi connectivity index (χ2v) is 7.74. The van der Waals surface area contributed by atoms with Crippen molar-refractivity contribution in [1.82, 2.24) is 10.2 Å². The minimum atomic E-state index is -2.06. The predicted octanol–water partition coefficient (Wildman–Crippen LogP) is 1.66. The number of fused-ring (bicyclic) bond motifs is 1. The summed E-state index contributed by atoms with van der Waals surface area (Å²) in [6.45, 7) is 3.65. The normalized spacial score (nSPS) is 25.5. The molecule has 1 amide bonds. The Balaban J connectivity index is 1.95. The Hall–Kier alpha value is -2.41. The average Bonchev–Trinajstić information content (AvgIpc) is 3.13. The van der Waals surface area contributed by atoms with Crippen molar-refractivity contribution in [2.45, 2.75) is 57.2 Å². The van der Waals surface area contributed by atoms with Crippen molar-refractivity contribution in [3.8, 4) is 0 Å². The van der Waals surface area contributed by atoms with Crippen LogP contribution in [0.25, 0.3) is 0 Å². The number of carboxylic acids is 1. The first kappa shape index (κ1) is 18.0. The summed E-state index contributed by atoms with van der Waals surface area (Å²) in [5.41, 5.74) is -1.34. The van der Waals surface area contributed by atoms with Crippen LogP contribution in [0.3, 0.4) is 0 Å². The number of hydrogen-bond donors (Lipinski definition) is 2. The molecule has 1 saturated heterocycles. The summed E-state index contributed by atoms with van der Waals surface area (Å²) in [6, 6.07) is 6.85. The minimum Gasteiger partial charge on any atom is -0.479 e. The fourth-order valence-electron chi connectivity index (χ4n) is 3.86. The van der Waals surface area contributed by atoms with Gasteiger partial charge in [0.1, 0.15) is 11.6 Å². The summed E-state index contributed by atoms with van der Waals surface area (Å²) in [4.78, 5) is 39.7. The Kier molecular flexibility index (Phi) is 4.63. The van der Waals surface area contributed by atoms with Gasteiger partial charge in [0.15, 0.2) is 0 Å². The van der Waals surface area contributed by atoms with Gasteiger partial charge in [0, 0.05) is 14.5 Å². The van der Waals surface area contributed by atoms with Gasteiger partial charge in [0.25, 0.3) is 0 Å². The number of nitrogens with one attached hydrogen (secondary N) is 1. The van der Waals surface area contributed by atoms with Crippen LogP contribution in [0.15, 0.2) is 24.3 Å². The molecule has 0 aliphatic carbocycles. The van der Waals surface area contributed by atoms with Gasteiger partial charge in [-0.3, -0.25) is 4.79 Å². The Labute approximate surface area is 160 Å². The number of benzene rings is 1. The lowest BCUT2D eigenvalue weighted by atomic mass is 9.91. The number of ether oxygens (including phenoxy) is 1. The highest BCUT2D eigenvalue weighted by Crippen LogP contribution is 2.36. The van der Waals surface area contributed by atoms with Crippen molar-refractivity contribution in [3.63, 3.8) is 0 Å². The number of amides is 1. The predicted molar refractivity (Wildman–Crippen MR) is 98.0 cm³/mol. The van der Waals surface area contributed by atoms with Crippen LogP contribution in [0, 0.1) is 0 Å². The molecule has 1 fully saturated rings. The zero-order chi connectivity index (χ0) is 20.5. The van der Waals surface area contributed by atoms with Gasteiger partial charge in [-0.2, -0.15) is 0 Å². The van der Waals surface area contributed by atoms with Crippen molar-refractivity contribution < 1.29 is 25.6 Å². The number of carbonyl (C=O) groups is 3. The third-order valence-corrected chi connectivity index (χ3v) is 5.06. The van der Waals surface area contributed by atoms with Gasteiger partial charge < -0.3 is 20.1 Å². The summed E-state index contributed by atoms with van der Waals surface area (Å²) >= 11 is 0. The fraction of sp³-hybridized carbons (Fsp3) is 0.550. The van der Waals surface area contributed by atoms with Crippen LogP contribution in [0.4, 0.5) is 0 Å². The number of hydrogen-bond acceptors (Lipinski definition) is 5. The maximum Gasteiger partial charge on any atom is 0.344 e. The topological polar surface area (TPSA) is 95.9 Å². The Morgan fingerprint density at radius 1 is 1.37 bits per heavy atom. The zero-order valence-electron chi connectivity index (χ0n) is 16.7. The molecule has 2 atom stereocenters. The second-order valence-electron chi connectivity index (χ2n) is 7.74. The molecule has 0 spiro atoms. The molecule has 2 aliphatic rings. The van der Waals surface area contributed by atoms with Crippen LogP contribution < -0.4 is 5.32 Å². The second kappa shape index (κ2) is 6.96. The molecule has 0 saturated carbocycles. The first-order chi connectivity index (χ1) is 13.2. The van der Waals surface area contributed by atoms with Crippen LogP contribution >= 0.6 is 0 Å². The van der Waals surface area contributed by atoms with Gasteiger partial charge in [0.05, 0.1) is 0 Å². The van der Waals surface area contributed by atoms with E-state index < -0.39 is 35.0 Å². The van der Waals surface area contributed by atoms with Gasteiger partial charge >= 0.3 is 11.9 Å². The van der Waals surface area contributed by atoms with Crippen molar-refractivity contribution >= 4 is 17.8 Å². The van der Waals surface area contributed by atoms with E-state index in [0.717, 1.165) is 22.4 Å². The molecule has 3 rings (SSSR count). The van der Waals surface area contributed by atoms with E-state index >= 15 is 0 Å². The molecule has 1 aromatic rings. The number of aliphatic carboxylic acids is 1. The number of rotatable bonds is 3. The maximum absolute atomic E-state index is 13.4. The van der Waals surface area contributed by atoms with Crippen LogP contribution in [-0.4, -0.2) is 52.1 Å². The molecule has 0 aromatic heterocycles. The molecule has 27 heavy (non-hydrogen) atoms. The van der Waals surface area contributed by atoms with E-state index in [2.05, 4.69) is 5.32 Å². The number of carbonyl (C=O) groups excluding carboxylic acids is 2. The standard InChI is InChI=1S/C20H26N2O5/c1-19(2,3)27-18(26)20(17(24)25)10-6-12-22(20)16(23)15-14-8-5-4-7-13(14)9-11-21-15/h4-5,7-8,15,21H,6,9-12H2,1-3H3,(H,24,25)/t15?,20-/m0/s1/i1D. The van der Waals surface area contributed by atoms with E-state index in [9.17, 15) is 19.5 Å².